The number of hydrogen-bond acceptors (Lipinski definition) is 5. The van der Waals surface area contributed by atoms with E-state index in [4.69, 9.17) is 5.11 Å². The highest BCUT2D eigenvalue weighted by atomic mass is 16.4. The molecule has 0 aliphatic rings. The molecule has 206 valence electrons. The lowest BCUT2D eigenvalue weighted by Gasteiger charge is -2.38. The van der Waals surface area contributed by atoms with Crippen molar-refractivity contribution in [2.24, 2.45) is 5.41 Å². The SMILES string of the molecule is CN[C@H](C(=O)NC(C(=O)N(C)C/C=C(\C)C(=O)NCCCC(=O)O)C(C)(C)C)C(C)(C)c1ccccc1. The zero-order valence-electron chi connectivity index (χ0n) is 23.5. The molecule has 0 saturated carbocycles. The van der Waals surface area contributed by atoms with Crippen molar-refractivity contribution in [3.63, 3.8) is 0 Å². The average molecular weight is 517 g/mol. The van der Waals surface area contributed by atoms with Gasteiger partial charge in [0.15, 0.2) is 0 Å². The van der Waals surface area contributed by atoms with Gasteiger partial charge in [-0.15, -0.1) is 0 Å². The van der Waals surface area contributed by atoms with Crippen LogP contribution in [0.1, 0.15) is 59.9 Å². The number of carboxylic acids is 1. The molecule has 0 heterocycles. The molecule has 0 fully saturated rings. The highest BCUT2D eigenvalue weighted by Gasteiger charge is 2.40. The molecule has 3 amide bonds. The first-order chi connectivity index (χ1) is 17.1. The fraction of sp³-hybridized carbons (Fsp3) is 0.571. The number of nitrogens with one attached hydrogen (secondary N) is 3. The van der Waals surface area contributed by atoms with Crippen molar-refractivity contribution in [1.82, 2.24) is 20.9 Å². The van der Waals surface area contributed by atoms with Crippen LogP contribution >= 0.6 is 0 Å². The standard InChI is InChI=1S/C28H44N4O5/c1-19(24(35)30-17-12-15-21(33)34)16-18-32(8)26(37)23(27(2,3)4)31-25(36)22(29-7)28(5,6)20-13-10-9-11-14-20/h9-11,13-14,16,22-23,29H,12,15,17-18H2,1-8H3,(H,30,35)(H,31,36)(H,33,34)/b19-16+/t22-,23?/m1/s1. The van der Waals surface area contributed by atoms with Crippen LogP contribution in [0.3, 0.4) is 0 Å². The van der Waals surface area contributed by atoms with Gasteiger partial charge in [0.05, 0.1) is 6.04 Å². The lowest BCUT2D eigenvalue weighted by molar-refractivity contribution is -0.139. The third kappa shape index (κ3) is 9.64. The highest BCUT2D eigenvalue weighted by molar-refractivity contribution is 5.93. The second-order valence-electron chi connectivity index (χ2n) is 11.0. The zero-order chi connectivity index (χ0) is 28.4. The van der Waals surface area contributed by atoms with Crippen LogP contribution in [-0.4, -0.2) is 73.0 Å². The number of carbonyl (C=O) groups is 4. The molecule has 37 heavy (non-hydrogen) atoms. The Labute approximate surface area is 221 Å². The predicted molar refractivity (Wildman–Crippen MR) is 145 cm³/mol. The summed E-state index contributed by atoms with van der Waals surface area (Å²) in [6.07, 6.45) is 1.96. The normalized spacial score (nSPS) is 13.9. The number of rotatable bonds is 13. The van der Waals surface area contributed by atoms with E-state index < -0.39 is 28.9 Å². The minimum absolute atomic E-state index is 0.0167. The van der Waals surface area contributed by atoms with Crippen LogP contribution in [-0.2, 0) is 24.6 Å². The maximum absolute atomic E-state index is 13.5. The maximum Gasteiger partial charge on any atom is 0.303 e. The molecule has 1 aromatic rings. The Balaban J connectivity index is 2.93. The van der Waals surface area contributed by atoms with E-state index in [9.17, 15) is 19.2 Å². The molecular formula is C28H44N4O5. The van der Waals surface area contributed by atoms with Gasteiger partial charge in [0.1, 0.15) is 6.04 Å². The summed E-state index contributed by atoms with van der Waals surface area (Å²) in [4.78, 5) is 51.2. The Hall–Kier alpha value is -3.20. The van der Waals surface area contributed by atoms with E-state index in [-0.39, 0.29) is 37.2 Å². The van der Waals surface area contributed by atoms with Gasteiger partial charge in [0.2, 0.25) is 17.7 Å². The van der Waals surface area contributed by atoms with Gasteiger partial charge in [-0.3, -0.25) is 19.2 Å². The van der Waals surface area contributed by atoms with Crippen LogP contribution in [0.2, 0.25) is 0 Å². The number of nitrogens with zero attached hydrogens (tertiary/aromatic N) is 1. The Kier molecular flexibility index (Phi) is 12.0. The molecule has 9 nitrogen and oxygen atoms in total. The van der Waals surface area contributed by atoms with Gasteiger partial charge in [-0.05, 0) is 31.4 Å². The summed E-state index contributed by atoms with van der Waals surface area (Å²) in [7, 11) is 3.36. The largest absolute Gasteiger partial charge is 0.481 e. The molecule has 2 atom stereocenters. The van der Waals surface area contributed by atoms with Crippen LogP contribution < -0.4 is 16.0 Å². The van der Waals surface area contributed by atoms with Crippen molar-refractivity contribution in [1.29, 1.82) is 0 Å². The Bertz CT molecular complexity index is 967. The number of benzene rings is 1. The van der Waals surface area contributed by atoms with Crippen LogP contribution in [0.4, 0.5) is 0 Å². The molecule has 1 aromatic carbocycles. The smallest absolute Gasteiger partial charge is 0.303 e. The summed E-state index contributed by atoms with van der Waals surface area (Å²) in [5.41, 5.74) is 0.333. The van der Waals surface area contributed by atoms with Crippen LogP contribution in [0.15, 0.2) is 42.0 Å². The second-order valence-corrected chi connectivity index (χ2v) is 11.0. The van der Waals surface area contributed by atoms with Gasteiger partial charge in [-0.25, -0.2) is 0 Å². The van der Waals surface area contributed by atoms with Crippen molar-refractivity contribution in [2.75, 3.05) is 27.2 Å². The molecule has 0 saturated heterocycles. The van der Waals surface area contributed by atoms with Crippen molar-refractivity contribution in [3.8, 4) is 0 Å². The zero-order valence-corrected chi connectivity index (χ0v) is 23.5. The number of carbonyl (C=O) groups excluding carboxylic acids is 3. The first-order valence-corrected chi connectivity index (χ1v) is 12.6. The fourth-order valence-electron chi connectivity index (χ4n) is 3.99. The minimum atomic E-state index is -0.910. The van der Waals surface area contributed by atoms with Crippen molar-refractivity contribution in [3.05, 3.63) is 47.5 Å². The number of aliphatic carboxylic acids is 1. The number of carboxylic acid groups (broad SMARTS) is 1. The van der Waals surface area contributed by atoms with Gasteiger partial charge in [0.25, 0.3) is 0 Å². The summed E-state index contributed by atoms with van der Waals surface area (Å²) in [6, 6.07) is 8.39. The molecule has 0 spiro atoms. The Morgan fingerprint density at radius 3 is 2.14 bits per heavy atom. The third-order valence-corrected chi connectivity index (χ3v) is 6.45. The molecule has 1 rings (SSSR count). The van der Waals surface area contributed by atoms with E-state index in [0.29, 0.717) is 12.0 Å². The molecule has 4 N–H and O–H groups in total. The molecular weight excluding hydrogens is 472 g/mol. The average Bonchev–Trinajstić information content (AvgIpc) is 2.82. The predicted octanol–water partition coefficient (Wildman–Crippen LogP) is 2.47. The summed E-state index contributed by atoms with van der Waals surface area (Å²) in [6.45, 7) is 11.7. The molecule has 9 heteroatoms. The van der Waals surface area contributed by atoms with Gasteiger partial charge in [-0.2, -0.15) is 0 Å². The topological polar surface area (TPSA) is 128 Å². The lowest BCUT2D eigenvalue weighted by Crippen LogP contribution is -2.60. The monoisotopic (exact) mass is 516 g/mol. The van der Waals surface area contributed by atoms with E-state index >= 15 is 0 Å². The maximum atomic E-state index is 13.5. The van der Waals surface area contributed by atoms with Gasteiger partial charge in [-0.1, -0.05) is 71.0 Å². The van der Waals surface area contributed by atoms with Gasteiger partial charge >= 0.3 is 5.97 Å². The fourth-order valence-corrected chi connectivity index (χ4v) is 3.99. The number of amides is 3. The van der Waals surface area contributed by atoms with Crippen molar-refractivity contribution >= 4 is 23.7 Å². The summed E-state index contributed by atoms with van der Waals surface area (Å²) in [5.74, 6) is -1.76. The molecule has 0 aliphatic heterocycles. The quantitative estimate of drug-likeness (QED) is 0.236. The Morgan fingerprint density at radius 2 is 1.62 bits per heavy atom. The highest BCUT2D eigenvalue weighted by Crippen LogP contribution is 2.28. The first kappa shape index (κ1) is 31.8. The molecule has 0 bridgehead atoms. The van der Waals surface area contributed by atoms with E-state index in [2.05, 4.69) is 16.0 Å². The summed E-state index contributed by atoms with van der Waals surface area (Å²) >= 11 is 0. The van der Waals surface area contributed by atoms with Crippen LogP contribution in [0.5, 0.6) is 0 Å². The third-order valence-electron chi connectivity index (χ3n) is 6.45. The van der Waals surface area contributed by atoms with Gasteiger partial charge in [0, 0.05) is 37.5 Å². The molecule has 0 aromatic heterocycles. The molecule has 1 unspecified atom stereocenters. The first-order valence-electron chi connectivity index (χ1n) is 12.6. The summed E-state index contributed by atoms with van der Waals surface area (Å²) < 4.78 is 0. The van der Waals surface area contributed by atoms with E-state index in [1.165, 1.54) is 4.90 Å². The number of hydrogen-bond donors (Lipinski definition) is 4. The van der Waals surface area contributed by atoms with E-state index in [0.717, 1.165) is 5.56 Å². The van der Waals surface area contributed by atoms with Crippen molar-refractivity contribution in [2.45, 2.75) is 71.9 Å². The van der Waals surface area contributed by atoms with Gasteiger partial charge < -0.3 is 26.0 Å². The van der Waals surface area contributed by atoms with Crippen LogP contribution in [0, 0.1) is 5.41 Å². The molecule has 0 aliphatic carbocycles. The second kappa shape index (κ2) is 13.9. The van der Waals surface area contributed by atoms with E-state index in [1.54, 1.807) is 27.1 Å². The van der Waals surface area contributed by atoms with Crippen molar-refractivity contribution < 1.29 is 24.3 Å². The van der Waals surface area contributed by atoms with Crippen LogP contribution in [0.25, 0.3) is 0 Å². The van der Waals surface area contributed by atoms with E-state index in [1.807, 2.05) is 65.0 Å². The molecule has 0 radical (unpaired) electrons. The summed E-state index contributed by atoms with van der Waals surface area (Å²) in [5, 5.41) is 17.5. The Morgan fingerprint density at radius 1 is 1.03 bits per heavy atom. The minimum Gasteiger partial charge on any atom is -0.481 e. The lowest BCUT2D eigenvalue weighted by atomic mass is 9.76. The number of likely N-dealkylation sites (N-methyl/N-ethyl adjacent to an activating group) is 2.